The van der Waals surface area contributed by atoms with Gasteiger partial charge in [-0.2, -0.15) is 0 Å². The Morgan fingerprint density at radius 2 is 1.54 bits per heavy atom. The van der Waals surface area contributed by atoms with E-state index in [1.54, 1.807) is 0 Å². The molecule has 0 aromatic rings. The molecule has 1 heteroatoms. The van der Waals surface area contributed by atoms with Gasteiger partial charge in [-0.25, -0.2) is 0 Å². The number of fused-ring (bicyclic) bond motifs is 1. The average Bonchev–Trinajstić information content (AvgIpc) is 2.46. The number of nitrogens with zero attached hydrogens (tertiary/aromatic N) is 1. The summed E-state index contributed by atoms with van der Waals surface area (Å²) < 4.78 is 0. The van der Waals surface area contributed by atoms with Crippen molar-refractivity contribution in [2.75, 3.05) is 13.1 Å². The molecule has 1 heterocycles. The Balaban J connectivity index is 1.90. The molecule has 1 saturated heterocycles. The second-order valence-corrected chi connectivity index (χ2v) is 6.22. The molecular formula is C12H23N. The van der Waals surface area contributed by atoms with Crippen LogP contribution in [-0.2, 0) is 0 Å². The van der Waals surface area contributed by atoms with Crippen LogP contribution in [0.3, 0.4) is 0 Å². The van der Waals surface area contributed by atoms with E-state index in [0.29, 0.717) is 5.54 Å². The first-order valence-corrected chi connectivity index (χ1v) is 5.66. The molecule has 3 atom stereocenters. The summed E-state index contributed by atoms with van der Waals surface area (Å²) in [5.74, 6) is 4.05. The van der Waals surface area contributed by atoms with Crippen LogP contribution >= 0.6 is 0 Å². The number of rotatable bonds is 1. The molecule has 0 unspecified atom stereocenters. The normalized spacial score (nSPS) is 39.7. The van der Waals surface area contributed by atoms with Crippen LogP contribution < -0.4 is 0 Å². The van der Waals surface area contributed by atoms with Gasteiger partial charge in [-0.1, -0.05) is 13.8 Å². The Labute approximate surface area is 82.5 Å². The van der Waals surface area contributed by atoms with Gasteiger partial charge in [0, 0.05) is 18.6 Å². The highest BCUT2D eigenvalue weighted by Crippen LogP contribution is 2.56. The summed E-state index contributed by atoms with van der Waals surface area (Å²) in [7, 11) is 0. The van der Waals surface area contributed by atoms with E-state index in [1.165, 1.54) is 13.1 Å². The lowest BCUT2D eigenvalue weighted by Crippen LogP contribution is -2.41. The molecule has 1 aliphatic carbocycles. The molecule has 76 valence electrons. The molecule has 0 radical (unpaired) electrons. The average molecular weight is 181 g/mol. The van der Waals surface area contributed by atoms with Crippen molar-refractivity contribution >= 4 is 0 Å². The van der Waals surface area contributed by atoms with Crippen LogP contribution in [0.25, 0.3) is 0 Å². The van der Waals surface area contributed by atoms with Crippen LogP contribution in [0.15, 0.2) is 0 Å². The Bertz CT molecular complexity index is 190. The van der Waals surface area contributed by atoms with Gasteiger partial charge in [0.25, 0.3) is 0 Å². The fraction of sp³-hybridized carbons (Fsp3) is 1.00. The Kier molecular flexibility index (Phi) is 1.99. The minimum atomic E-state index is 0.398. The quantitative estimate of drug-likeness (QED) is 0.601. The van der Waals surface area contributed by atoms with Crippen molar-refractivity contribution < 1.29 is 0 Å². The molecule has 1 nitrogen and oxygen atoms in total. The van der Waals surface area contributed by atoms with Gasteiger partial charge in [0.1, 0.15) is 0 Å². The Morgan fingerprint density at radius 1 is 1.08 bits per heavy atom. The first kappa shape index (κ1) is 9.51. The molecule has 0 N–H and O–H groups in total. The van der Waals surface area contributed by atoms with Gasteiger partial charge in [-0.15, -0.1) is 0 Å². The van der Waals surface area contributed by atoms with Crippen molar-refractivity contribution in [1.29, 1.82) is 0 Å². The zero-order valence-electron chi connectivity index (χ0n) is 9.67. The largest absolute Gasteiger partial charge is 0.298 e. The zero-order chi connectivity index (χ0) is 9.80. The fourth-order valence-corrected chi connectivity index (χ4v) is 3.11. The molecule has 2 aliphatic rings. The predicted molar refractivity (Wildman–Crippen MR) is 56.6 cm³/mol. The van der Waals surface area contributed by atoms with Crippen molar-refractivity contribution in [3.8, 4) is 0 Å². The fourth-order valence-electron chi connectivity index (χ4n) is 3.11. The van der Waals surface area contributed by atoms with Gasteiger partial charge >= 0.3 is 0 Å². The number of hydrogen-bond acceptors (Lipinski definition) is 1. The van der Waals surface area contributed by atoms with Gasteiger partial charge < -0.3 is 0 Å². The SMILES string of the molecule is CC(C)[C@@H]1[C@@H]2CN(C(C)(C)C)C[C@@H]21. The maximum Gasteiger partial charge on any atom is 0.0125 e. The highest BCUT2D eigenvalue weighted by atomic mass is 15.2. The highest BCUT2D eigenvalue weighted by Gasteiger charge is 2.57. The number of likely N-dealkylation sites (tertiary alicyclic amines) is 1. The lowest BCUT2D eigenvalue weighted by atomic mass is 10.0. The summed E-state index contributed by atoms with van der Waals surface area (Å²) in [6.45, 7) is 14.5. The smallest absolute Gasteiger partial charge is 0.0125 e. The van der Waals surface area contributed by atoms with E-state index >= 15 is 0 Å². The molecule has 1 aliphatic heterocycles. The van der Waals surface area contributed by atoms with Crippen molar-refractivity contribution in [3.63, 3.8) is 0 Å². The van der Waals surface area contributed by atoms with Gasteiger partial charge in [0.05, 0.1) is 0 Å². The van der Waals surface area contributed by atoms with Crippen molar-refractivity contribution in [2.24, 2.45) is 23.7 Å². The van der Waals surface area contributed by atoms with E-state index in [9.17, 15) is 0 Å². The van der Waals surface area contributed by atoms with E-state index in [-0.39, 0.29) is 0 Å². The van der Waals surface area contributed by atoms with Crippen LogP contribution in [0.4, 0.5) is 0 Å². The van der Waals surface area contributed by atoms with E-state index < -0.39 is 0 Å². The summed E-state index contributed by atoms with van der Waals surface area (Å²) in [4.78, 5) is 2.65. The molecule has 0 aromatic carbocycles. The van der Waals surface area contributed by atoms with Crippen molar-refractivity contribution in [2.45, 2.75) is 40.2 Å². The summed E-state index contributed by atoms with van der Waals surface area (Å²) in [5.41, 5.74) is 0.398. The lowest BCUT2D eigenvalue weighted by molar-refractivity contribution is 0.141. The molecule has 2 fully saturated rings. The second-order valence-electron chi connectivity index (χ2n) is 6.22. The van der Waals surface area contributed by atoms with Crippen LogP contribution in [-0.4, -0.2) is 23.5 Å². The third kappa shape index (κ3) is 1.52. The third-order valence-corrected chi connectivity index (χ3v) is 3.98. The van der Waals surface area contributed by atoms with Crippen LogP contribution in [0.2, 0.25) is 0 Å². The zero-order valence-corrected chi connectivity index (χ0v) is 9.67. The maximum atomic E-state index is 2.65. The van der Waals surface area contributed by atoms with Gasteiger partial charge in [0.2, 0.25) is 0 Å². The topological polar surface area (TPSA) is 3.24 Å². The van der Waals surface area contributed by atoms with Crippen LogP contribution in [0.1, 0.15) is 34.6 Å². The Morgan fingerprint density at radius 3 is 1.85 bits per heavy atom. The van der Waals surface area contributed by atoms with Crippen molar-refractivity contribution in [1.82, 2.24) is 4.90 Å². The first-order chi connectivity index (χ1) is 5.91. The second kappa shape index (κ2) is 2.73. The standard InChI is InChI=1S/C12H23N/c1-8(2)11-9-6-13(7-10(9)11)12(3,4)5/h8-11H,6-7H2,1-5H3/t9-,10+,11-. The third-order valence-electron chi connectivity index (χ3n) is 3.98. The molecule has 2 rings (SSSR count). The first-order valence-electron chi connectivity index (χ1n) is 5.66. The molecule has 0 amide bonds. The monoisotopic (exact) mass is 181 g/mol. The lowest BCUT2D eigenvalue weighted by Gasteiger charge is -2.34. The summed E-state index contributed by atoms with van der Waals surface area (Å²) in [6, 6.07) is 0. The van der Waals surface area contributed by atoms with Gasteiger partial charge in [0.15, 0.2) is 0 Å². The molecular weight excluding hydrogens is 158 g/mol. The van der Waals surface area contributed by atoms with E-state index in [0.717, 1.165) is 23.7 Å². The van der Waals surface area contributed by atoms with Gasteiger partial charge in [-0.05, 0) is 44.4 Å². The van der Waals surface area contributed by atoms with Gasteiger partial charge in [-0.3, -0.25) is 4.90 Å². The summed E-state index contributed by atoms with van der Waals surface area (Å²) in [6.07, 6.45) is 0. The van der Waals surface area contributed by atoms with E-state index in [4.69, 9.17) is 0 Å². The number of piperidine rings is 1. The Hall–Kier alpha value is -0.0400. The predicted octanol–water partition coefficient (Wildman–Crippen LogP) is 2.62. The maximum absolute atomic E-state index is 2.65. The number of hydrogen-bond donors (Lipinski definition) is 0. The highest BCUT2D eigenvalue weighted by molar-refractivity contribution is 5.07. The van der Waals surface area contributed by atoms with Crippen molar-refractivity contribution in [3.05, 3.63) is 0 Å². The molecule has 1 saturated carbocycles. The summed E-state index contributed by atoms with van der Waals surface area (Å²) >= 11 is 0. The summed E-state index contributed by atoms with van der Waals surface area (Å²) in [5, 5.41) is 0. The van der Waals surface area contributed by atoms with E-state index in [1.807, 2.05) is 0 Å². The minimum Gasteiger partial charge on any atom is -0.298 e. The molecule has 0 aromatic heterocycles. The molecule has 13 heavy (non-hydrogen) atoms. The molecule has 0 spiro atoms. The minimum absolute atomic E-state index is 0.398. The molecule has 0 bridgehead atoms. The van der Waals surface area contributed by atoms with Crippen LogP contribution in [0.5, 0.6) is 0 Å². The van der Waals surface area contributed by atoms with Crippen LogP contribution in [0, 0.1) is 23.7 Å². The van der Waals surface area contributed by atoms with E-state index in [2.05, 4.69) is 39.5 Å².